The second-order valence-electron chi connectivity index (χ2n) is 6.24. The van der Waals surface area contributed by atoms with Crippen molar-refractivity contribution in [2.75, 3.05) is 30.1 Å². The van der Waals surface area contributed by atoms with Crippen molar-refractivity contribution in [1.29, 1.82) is 0 Å². The predicted octanol–water partition coefficient (Wildman–Crippen LogP) is 3.72. The molecule has 0 aliphatic rings. The number of hydrogen-bond donors (Lipinski definition) is 2. The van der Waals surface area contributed by atoms with Crippen molar-refractivity contribution in [2.24, 2.45) is 0 Å². The van der Waals surface area contributed by atoms with Crippen LogP contribution in [0.5, 0.6) is 5.75 Å². The molecule has 0 aliphatic heterocycles. The summed E-state index contributed by atoms with van der Waals surface area (Å²) in [6.45, 7) is 5.69. The number of aromatic hydroxyl groups is 1. The topological polar surface area (TPSA) is 104 Å². The van der Waals surface area contributed by atoms with Gasteiger partial charge in [0.25, 0.3) is 10.0 Å². The number of nitrogens with one attached hydrogen (secondary N) is 1. The number of rotatable bonds is 9. The van der Waals surface area contributed by atoms with E-state index < -0.39 is 25.6 Å². The highest BCUT2D eigenvalue weighted by atomic mass is 79.9. The van der Waals surface area contributed by atoms with Crippen LogP contribution in [0.2, 0.25) is 5.02 Å². The number of halogens is 2. The average Bonchev–Trinajstić information content (AvgIpc) is 2.63. The van der Waals surface area contributed by atoms with E-state index in [9.17, 15) is 21.9 Å². The molecular formula is C18H22BrClN2O5S2. The van der Waals surface area contributed by atoms with Crippen molar-refractivity contribution in [3.05, 3.63) is 45.9 Å². The molecule has 7 nitrogen and oxygen atoms in total. The van der Waals surface area contributed by atoms with Crippen molar-refractivity contribution < 1.29 is 21.9 Å². The van der Waals surface area contributed by atoms with Crippen LogP contribution < -0.4 is 4.72 Å². The van der Waals surface area contributed by atoms with Gasteiger partial charge in [-0.25, -0.2) is 16.8 Å². The molecule has 2 rings (SSSR count). The van der Waals surface area contributed by atoms with Crippen molar-refractivity contribution in [3.8, 4) is 5.75 Å². The summed E-state index contributed by atoms with van der Waals surface area (Å²) in [6.07, 6.45) is 0. The molecule has 0 aliphatic carbocycles. The fourth-order valence-corrected chi connectivity index (χ4v) is 5.94. The average molecular weight is 526 g/mol. The third kappa shape index (κ3) is 6.32. The van der Waals surface area contributed by atoms with E-state index in [1.807, 2.05) is 18.7 Å². The maximum absolute atomic E-state index is 12.7. The third-order valence-electron chi connectivity index (χ3n) is 4.26. The van der Waals surface area contributed by atoms with Crippen LogP contribution in [-0.4, -0.2) is 52.2 Å². The highest BCUT2D eigenvalue weighted by molar-refractivity contribution is 9.10. The molecule has 29 heavy (non-hydrogen) atoms. The zero-order valence-corrected chi connectivity index (χ0v) is 19.9. The van der Waals surface area contributed by atoms with Gasteiger partial charge in [0.05, 0.1) is 16.3 Å². The van der Waals surface area contributed by atoms with Crippen LogP contribution in [0, 0.1) is 0 Å². The second-order valence-corrected chi connectivity index (χ2v) is 11.4. The highest BCUT2D eigenvalue weighted by Crippen LogP contribution is 2.30. The third-order valence-corrected chi connectivity index (χ3v) is 8.06. The standard InChI is InChI=1S/C18H22BrClN2O5S2/c1-3-22(4-2)7-8-28(24,25)16-11-14(20)10-15(12-16)21-29(26,27)18-9-13(19)5-6-17(18)23/h5-6,9-12,21,23H,3-4,7-8H2,1-2H3. The fourth-order valence-electron chi connectivity index (χ4n) is 2.62. The lowest BCUT2D eigenvalue weighted by molar-refractivity contribution is 0.321. The van der Waals surface area contributed by atoms with Crippen LogP contribution in [0.15, 0.2) is 50.7 Å². The van der Waals surface area contributed by atoms with Gasteiger partial charge in [0, 0.05) is 16.0 Å². The lowest BCUT2D eigenvalue weighted by Gasteiger charge is -2.18. The van der Waals surface area contributed by atoms with Crippen LogP contribution in [0.3, 0.4) is 0 Å². The van der Waals surface area contributed by atoms with Crippen LogP contribution in [-0.2, 0) is 19.9 Å². The first-order chi connectivity index (χ1) is 13.5. The molecule has 0 saturated heterocycles. The van der Waals surface area contributed by atoms with E-state index in [2.05, 4.69) is 20.7 Å². The molecule has 0 radical (unpaired) electrons. The summed E-state index contributed by atoms with van der Waals surface area (Å²) >= 11 is 9.19. The molecule has 2 aromatic carbocycles. The van der Waals surface area contributed by atoms with E-state index in [-0.39, 0.29) is 26.3 Å². The maximum atomic E-state index is 12.7. The highest BCUT2D eigenvalue weighted by Gasteiger charge is 2.22. The molecule has 11 heteroatoms. The summed E-state index contributed by atoms with van der Waals surface area (Å²) in [4.78, 5) is 1.55. The quantitative estimate of drug-likeness (QED) is 0.517. The Morgan fingerprint density at radius 2 is 1.72 bits per heavy atom. The van der Waals surface area contributed by atoms with Gasteiger partial charge in [-0.3, -0.25) is 4.72 Å². The van der Waals surface area contributed by atoms with Crippen molar-refractivity contribution >= 4 is 53.1 Å². The number of phenols is 1. The summed E-state index contributed by atoms with van der Waals surface area (Å²) in [6, 6.07) is 7.78. The molecule has 0 unspecified atom stereocenters. The molecule has 0 amide bonds. The fraction of sp³-hybridized carbons (Fsp3) is 0.333. The SMILES string of the molecule is CCN(CC)CCS(=O)(=O)c1cc(Cl)cc(NS(=O)(=O)c2cc(Br)ccc2O)c1. The summed E-state index contributed by atoms with van der Waals surface area (Å²) in [5, 5.41) is 9.96. The van der Waals surface area contributed by atoms with E-state index in [0.717, 1.165) is 13.1 Å². The van der Waals surface area contributed by atoms with E-state index in [1.54, 1.807) is 0 Å². The van der Waals surface area contributed by atoms with Gasteiger partial charge in [0.2, 0.25) is 0 Å². The zero-order valence-electron chi connectivity index (χ0n) is 15.9. The van der Waals surface area contributed by atoms with Gasteiger partial charge in [-0.1, -0.05) is 41.4 Å². The Hall–Kier alpha value is -1.33. The Balaban J connectivity index is 2.34. The largest absolute Gasteiger partial charge is 0.507 e. The number of phenolic OH excluding ortho intramolecular Hbond substituents is 1. The minimum absolute atomic E-state index is 0.0155. The molecule has 0 spiro atoms. The molecular weight excluding hydrogens is 504 g/mol. The number of sulfonamides is 1. The monoisotopic (exact) mass is 524 g/mol. The number of hydrogen-bond acceptors (Lipinski definition) is 6. The van der Waals surface area contributed by atoms with E-state index >= 15 is 0 Å². The Kier molecular flexibility index (Phi) is 7.97. The minimum Gasteiger partial charge on any atom is -0.507 e. The molecule has 0 heterocycles. The number of sulfone groups is 1. The van der Waals surface area contributed by atoms with Crippen molar-refractivity contribution in [2.45, 2.75) is 23.6 Å². The first-order valence-electron chi connectivity index (χ1n) is 8.75. The molecule has 0 aromatic heterocycles. The first kappa shape index (κ1) is 23.9. The van der Waals surface area contributed by atoms with Gasteiger partial charge in [0.15, 0.2) is 9.84 Å². The molecule has 0 atom stereocenters. The first-order valence-corrected chi connectivity index (χ1v) is 13.1. The minimum atomic E-state index is -4.17. The van der Waals surface area contributed by atoms with Gasteiger partial charge in [-0.05, 0) is 49.5 Å². The molecule has 160 valence electrons. The van der Waals surface area contributed by atoms with Gasteiger partial charge in [-0.2, -0.15) is 0 Å². The van der Waals surface area contributed by atoms with Gasteiger partial charge in [-0.15, -0.1) is 0 Å². The second kappa shape index (κ2) is 9.65. The summed E-state index contributed by atoms with van der Waals surface area (Å²) in [7, 11) is -7.84. The molecule has 2 aromatic rings. The van der Waals surface area contributed by atoms with Crippen LogP contribution >= 0.6 is 27.5 Å². The molecule has 0 saturated carbocycles. The van der Waals surface area contributed by atoms with Crippen molar-refractivity contribution in [1.82, 2.24) is 4.90 Å². The smallest absolute Gasteiger partial charge is 0.265 e. The van der Waals surface area contributed by atoms with Gasteiger partial charge < -0.3 is 10.0 Å². The van der Waals surface area contributed by atoms with Crippen LogP contribution in [0.25, 0.3) is 0 Å². The Morgan fingerprint density at radius 3 is 2.34 bits per heavy atom. The lowest BCUT2D eigenvalue weighted by Crippen LogP contribution is -2.29. The van der Waals surface area contributed by atoms with Crippen LogP contribution in [0.4, 0.5) is 5.69 Å². The summed E-state index contributed by atoms with van der Waals surface area (Å²) in [5.41, 5.74) is -0.0155. The summed E-state index contributed by atoms with van der Waals surface area (Å²) < 4.78 is 53.4. The normalized spacial score (nSPS) is 12.3. The number of nitrogens with zero attached hydrogens (tertiary/aromatic N) is 1. The van der Waals surface area contributed by atoms with Crippen molar-refractivity contribution in [3.63, 3.8) is 0 Å². The van der Waals surface area contributed by atoms with E-state index in [4.69, 9.17) is 11.6 Å². The van der Waals surface area contributed by atoms with E-state index in [1.165, 1.54) is 36.4 Å². The molecule has 0 bridgehead atoms. The van der Waals surface area contributed by atoms with Gasteiger partial charge in [0.1, 0.15) is 10.6 Å². The Morgan fingerprint density at radius 1 is 1.07 bits per heavy atom. The molecule has 2 N–H and O–H groups in total. The predicted molar refractivity (Wildman–Crippen MR) is 118 cm³/mol. The summed E-state index contributed by atoms with van der Waals surface area (Å²) in [5.74, 6) is -0.553. The number of anilines is 1. The Bertz CT molecular complexity index is 1090. The maximum Gasteiger partial charge on any atom is 0.265 e. The van der Waals surface area contributed by atoms with Crippen LogP contribution in [0.1, 0.15) is 13.8 Å². The Labute approximate surface area is 184 Å². The molecule has 0 fully saturated rings. The van der Waals surface area contributed by atoms with Gasteiger partial charge >= 0.3 is 0 Å². The zero-order chi connectivity index (χ0) is 21.8. The lowest BCUT2D eigenvalue weighted by atomic mass is 10.3. The van der Waals surface area contributed by atoms with E-state index in [0.29, 0.717) is 11.0 Å². The number of benzene rings is 2.